The van der Waals surface area contributed by atoms with Gasteiger partial charge in [-0.1, -0.05) is 0 Å². The minimum atomic E-state index is 0.526. The fraction of sp³-hybridized carbons (Fsp3) is 0.588. The van der Waals surface area contributed by atoms with Crippen molar-refractivity contribution >= 4 is 17.3 Å². The number of aryl methyl sites for hydroxylation is 3. The van der Waals surface area contributed by atoms with E-state index in [-0.39, 0.29) is 0 Å². The van der Waals surface area contributed by atoms with E-state index in [0.717, 1.165) is 44.0 Å². The molecule has 23 heavy (non-hydrogen) atoms. The highest BCUT2D eigenvalue weighted by molar-refractivity contribution is 7.11. The zero-order chi connectivity index (χ0) is 16.4. The molecule has 1 aliphatic rings. The Hall–Kier alpha value is -1.53. The third kappa shape index (κ3) is 3.87. The van der Waals surface area contributed by atoms with Crippen LogP contribution in [0.1, 0.15) is 34.0 Å². The molecule has 0 atom stereocenters. The summed E-state index contributed by atoms with van der Waals surface area (Å²) >= 11 is 1.83. The topological polar surface area (TPSA) is 45.2 Å². The first-order valence-corrected chi connectivity index (χ1v) is 9.01. The molecule has 0 aromatic carbocycles. The van der Waals surface area contributed by atoms with Crippen LogP contribution in [0.4, 0.5) is 5.95 Å². The van der Waals surface area contributed by atoms with Crippen LogP contribution in [0.2, 0.25) is 0 Å². The summed E-state index contributed by atoms with van der Waals surface area (Å²) < 4.78 is 0. The van der Waals surface area contributed by atoms with E-state index in [2.05, 4.69) is 45.6 Å². The lowest BCUT2D eigenvalue weighted by Crippen LogP contribution is -2.43. The average Bonchev–Trinajstić information content (AvgIpc) is 2.86. The van der Waals surface area contributed by atoms with Crippen molar-refractivity contribution in [1.82, 2.24) is 19.9 Å². The molecule has 2 aromatic heterocycles. The summed E-state index contributed by atoms with van der Waals surface area (Å²) in [6.07, 6.45) is 6.10. The number of aromatic nitrogens is 3. The monoisotopic (exact) mass is 331 g/mol. The Labute approximate surface area is 142 Å². The Morgan fingerprint density at radius 3 is 2.39 bits per heavy atom. The van der Waals surface area contributed by atoms with E-state index in [1.165, 1.54) is 15.6 Å². The van der Waals surface area contributed by atoms with Crippen LogP contribution in [0, 0.1) is 20.8 Å². The molecule has 1 aliphatic heterocycles. The summed E-state index contributed by atoms with van der Waals surface area (Å²) in [6.45, 7) is 9.51. The molecular weight excluding hydrogens is 306 g/mol. The molecule has 0 radical (unpaired) electrons. The maximum absolute atomic E-state index is 4.53. The highest BCUT2D eigenvalue weighted by Crippen LogP contribution is 2.23. The molecule has 0 amide bonds. The summed E-state index contributed by atoms with van der Waals surface area (Å²) in [6, 6.07) is 0.526. The molecule has 5 nitrogen and oxygen atoms in total. The van der Waals surface area contributed by atoms with Gasteiger partial charge in [0.15, 0.2) is 0 Å². The molecule has 1 saturated heterocycles. The van der Waals surface area contributed by atoms with Crippen LogP contribution in [-0.2, 0) is 6.54 Å². The van der Waals surface area contributed by atoms with Gasteiger partial charge in [0.05, 0.1) is 10.7 Å². The quantitative estimate of drug-likeness (QED) is 0.862. The van der Waals surface area contributed by atoms with Gasteiger partial charge in [0.25, 0.3) is 0 Å². The van der Waals surface area contributed by atoms with Gasteiger partial charge in [0, 0.05) is 50.0 Å². The summed E-state index contributed by atoms with van der Waals surface area (Å²) in [5.74, 6) is 0.836. The van der Waals surface area contributed by atoms with Crippen molar-refractivity contribution in [3.63, 3.8) is 0 Å². The van der Waals surface area contributed by atoms with Crippen LogP contribution in [0.25, 0.3) is 0 Å². The van der Waals surface area contributed by atoms with Crippen LogP contribution < -0.4 is 4.90 Å². The molecule has 3 rings (SSSR count). The zero-order valence-corrected chi connectivity index (χ0v) is 15.2. The van der Waals surface area contributed by atoms with Crippen molar-refractivity contribution in [2.45, 2.75) is 46.2 Å². The number of likely N-dealkylation sites (tertiary alicyclic amines) is 1. The minimum Gasteiger partial charge on any atom is -0.341 e. The van der Waals surface area contributed by atoms with E-state index < -0.39 is 0 Å². The van der Waals surface area contributed by atoms with E-state index in [0.29, 0.717) is 6.04 Å². The van der Waals surface area contributed by atoms with Gasteiger partial charge in [-0.05, 0) is 39.2 Å². The lowest BCUT2D eigenvalue weighted by Gasteiger charge is -2.36. The van der Waals surface area contributed by atoms with Crippen LogP contribution in [0.5, 0.6) is 0 Å². The molecular formula is C17H25N5S. The van der Waals surface area contributed by atoms with Gasteiger partial charge in [-0.3, -0.25) is 4.90 Å². The predicted molar refractivity (Wildman–Crippen MR) is 95.1 cm³/mol. The van der Waals surface area contributed by atoms with Gasteiger partial charge in [0.2, 0.25) is 5.95 Å². The SMILES string of the molecule is Cc1cnc(N(C)C2CCN(Cc3sc(C)nc3C)CC2)nc1. The van der Waals surface area contributed by atoms with Gasteiger partial charge in [-0.2, -0.15) is 0 Å². The van der Waals surface area contributed by atoms with E-state index in [9.17, 15) is 0 Å². The second-order valence-corrected chi connectivity index (χ2v) is 7.71. The molecule has 3 heterocycles. The fourth-order valence-corrected chi connectivity index (χ4v) is 4.10. The smallest absolute Gasteiger partial charge is 0.225 e. The number of hydrogen-bond acceptors (Lipinski definition) is 6. The molecule has 0 N–H and O–H groups in total. The number of anilines is 1. The first-order chi connectivity index (χ1) is 11.0. The standard InChI is InChI=1S/C17H25N5S/c1-12-9-18-17(19-10-12)21(4)15-5-7-22(8-6-15)11-16-13(2)20-14(3)23-16/h9-10,15H,5-8,11H2,1-4H3. The molecule has 0 spiro atoms. The van der Waals surface area contributed by atoms with E-state index in [1.54, 1.807) is 0 Å². The Bertz CT molecular complexity index is 644. The normalized spacial score (nSPS) is 16.7. The number of hydrogen-bond donors (Lipinski definition) is 0. The van der Waals surface area contributed by atoms with Gasteiger partial charge >= 0.3 is 0 Å². The van der Waals surface area contributed by atoms with Crippen molar-refractivity contribution in [2.75, 3.05) is 25.0 Å². The molecule has 0 unspecified atom stereocenters. The third-order valence-corrected chi connectivity index (χ3v) is 5.61. The minimum absolute atomic E-state index is 0.526. The van der Waals surface area contributed by atoms with Crippen LogP contribution >= 0.6 is 11.3 Å². The second-order valence-electron chi connectivity index (χ2n) is 6.42. The zero-order valence-electron chi connectivity index (χ0n) is 14.4. The first-order valence-electron chi connectivity index (χ1n) is 8.19. The van der Waals surface area contributed by atoms with E-state index >= 15 is 0 Å². The average molecular weight is 331 g/mol. The summed E-state index contributed by atoms with van der Waals surface area (Å²) in [4.78, 5) is 19.6. The van der Waals surface area contributed by atoms with Crippen LogP contribution in [-0.4, -0.2) is 46.0 Å². The number of rotatable bonds is 4. The van der Waals surface area contributed by atoms with Crippen molar-refractivity contribution in [3.8, 4) is 0 Å². The molecule has 6 heteroatoms. The maximum atomic E-state index is 4.53. The van der Waals surface area contributed by atoms with Crippen LogP contribution in [0.3, 0.4) is 0 Å². The lowest BCUT2D eigenvalue weighted by molar-refractivity contribution is 0.204. The largest absolute Gasteiger partial charge is 0.341 e. The van der Waals surface area contributed by atoms with Crippen molar-refractivity contribution in [1.29, 1.82) is 0 Å². The summed E-state index contributed by atoms with van der Waals surface area (Å²) in [5, 5.41) is 1.17. The molecule has 124 valence electrons. The van der Waals surface area contributed by atoms with Crippen molar-refractivity contribution in [2.24, 2.45) is 0 Å². The third-order valence-electron chi connectivity index (χ3n) is 4.55. The van der Waals surface area contributed by atoms with E-state index in [4.69, 9.17) is 0 Å². The van der Waals surface area contributed by atoms with Crippen LogP contribution in [0.15, 0.2) is 12.4 Å². The molecule has 0 aliphatic carbocycles. The van der Waals surface area contributed by atoms with Gasteiger partial charge in [0.1, 0.15) is 0 Å². The highest BCUT2D eigenvalue weighted by Gasteiger charge is 2.24. The lowest BCUT2D eigenvalue weighted by atomic mass is 10.0. The first kappa shape index (κ1) is 16.3. The predicted octanol–water partition coefficient (Wildman–Crippen LogP) is 2.96. The van der Waals surface area contributed by atoms with Gasteiger partial charge < -0.3 is 4.90 Å². The number of piperidine rings is 1. The Morgan fingerprint density at radius 2 is 1.83 bits per heavy atom. The highest BCUT2D eigenvalue weighted by atomic mass is 32.1. The second kappa shape index (κ2) is 6.93. The summed E-state index contributed by atoms with van der Waals surface area (Å²) in [7, 11) is 2.11. The molecule has 2 aromatic rings. The number of thiazole rings is 1. The van der Waals surface area contributed by atoms with Gasteiger partial charge in [-0.15, -0.1) is 11.3 Å². The Kier molecular flexibility index (Phi) is 4.92. The maximum Gasteiger partial charge on any atom is 0.225 e. The molecule has 0 bridgehead atoms. The fourth-order valence-electron chi connectivity index (χ4n) is 3.12. The number of nitrogens with zero attached hydrogens (tertiary/aromatic N) is 5. The summed E-state index contributed by atoms with van der Waals surface area (Å²) in [5.41, 5.74) is 2.30. The van der Waals surface area contributed by atoms with E-state index in [1.807, 2.05) is 30.7 Å². The van der Waals surface area contributed by atoms with Crippen molar-refractivity contribution < 1.29 is 0 Å². The molecule has 0 saturated carbocycles. The molecule has 1 fully saturated rings. The van der Waals surface area contributed by atoms with Crippen molar-refractivity contribution in [3.05, 3.63) is 33.5 Å². The Balaban J connectivity index is 1.55. The Morgan fingerprint density at radius 1 is 1.17 bits per heavy atom. The van der Waals surface area contributed by atoms with Gasteiger partial charge in [-0.25, -0.2) is 15.0 Å².